The van der Waals surface area contributed by atoms with Gasteiger partial charge in [0.15, 0.2) is 0 Å². The molecule has 0 unspecified atom stereocenters. The Morgan fingerprint density at radius 2 is 2.10 bits per heavy atom. The van der Waals surface area contributed by atoms with Gasteiger partial charge in [-0.1, -0.05) is 20.8 Å². The van der Waals surface area contributed by atoms with E-state index in [1.807, 2.05) is 0 Å². The molecule has 0 rings (SSSR count). The molecule has 0 heterocycles. The van der Waals surface area contributed by atoms with Gasteiger partial charge in [-0.05, 0) is 12.3 Å². The molecule has 0 aliphatic carbocycles. The minimum atomic E-state index is 0.380. The summed E-state index contributed by atoms with van der Waals surface area (Å²) in [4.78, 5) is 9.87. The predicted octanol–water partition coefficient (Wildman–Crippen LogP) is 0.672. The van der Waals surface area contributed by atoms with Gasteiger partial charge in [-0.25, -0.2) is 5.43 Å². The normalized spacial score (nSPS) is 13.2. The topological polar surface area (TPSA) is 41.1 Å². The van der Waals surface area contributed by atoms with E-state index in [2.05, 4.69) is 31.6 Å². The van der Waals surface area contributed by atoms with Crippen LogP contribution in [0.25, 0.3) is 0 Å². The van der Waals surface area contributed by atoms with Crippen LogP contribution in [-0.4, -0.2) is 12.5 Å². The smallest absolute Gasteiger partial charge is 0.221 e. The van der Waals surface area contributed by atoms with Crippen molar-refractivity contribution in [2.75, 3.05) is 0 Å². The van der Waals surface area contributed by atoms with Crippen LogP contribution >= 0.6 is 0 Å². The van der Waals surface area contributed by atoms with Crippen molar-refractivity contribution in [1.29, 1.82) is 0 Å². The molecule has 3 heteroatoms. The summed E-state index contributed by atoms with van der Waals surface area (Å²) in [6.45, 7) is 6.32. The lowest BCUT2D eigenvalue weighted by atomic mass is 10.0. The predicted molar refractivity (Wildman–Crippen MR) is 41.3 cm³/mol. The number of hydrazine groups is 1. The Bertz CT molecular complexity index is 93.6. The van der Waals surface area contributed by atoms with Gasteiger partial charge in [-0.15, -0.1) is 0 Å². The van der Waals surface area contributed by atoms with Gasteiger partial charge in [0.05, 0.1) is 0 Å². The lowest BCUT2D eigenvalue weighted by Crippen LogP contribution is -2.42. The molecular formula is C7H16N2O. The second-order valence-corrected chi connectivity index (χ2v) is 2.67. The van der Waals surface area contributed by atoms with Crippen molar-refractivity contribution < 1.29 is 4.79 Å². The summed E-state index contributed by atoms with van der Waals surface area (Å²) >= 11 is 0. The summed E-state index contributed by atoms with van der Waals surface area (Å²) in [6, 6.07) is 0.380. The van der Waals surface area contributed by atoms with Crippen molar-refractivity contribution in [2.24, 2.45) is 5.92 Å². The number of hydrogen-bond donors (Lipinski definition) is 2. The maximum absolute atomic E-state index is 9.87. The van der Waals surface area contributed by atoms with Crippen LogP contribution in [0.2, 0.25) is 0 Å². The zero-order valence-corrected chi connectivity index (χ0v) is 6.85. The third kappa shape index (κ3) is 3.45. The fourth-order valence-electron chi connectivity index (χ4n) is 0.881. The molecule has 0 bridgehead atoms. The van der Waals surface area contributed by atoms with Crippen molar-refractivity contribution in [3.63, 3.8) is 0 Å². The number of hydrogen-bond acceptors (Lipinski definition) is 2. The van der Waals surface area contributed by atoms with Gasteiger partial charge in [-0.3, -0.25) is 10.2 Å². The van der Waals surface area contributed by atoms with Gasteiger partial charge in [0.2, 0.25) is 6.41 Å². The SMILES string of the molecule is CC[C@H](NNC=O)C(C)C. The lowest BCUT2D eigenvalue weighted by molar-refractivity contribution is -0.110. The molecule has 0 aliphatic rings. The fourth-order valence-corrected chi connectivity index (χ4v) is 0.881. The van der Waals surface area contributed by atoms with Gasteiger partial charge in [0.25, 0.3) is 0 Å². The summed E-state index contributed by atoms with van der Waals surface area (Å²) < 4.78 is 0. The van der Waals surface area contributed by atoms with E-state index >= 15 is 0 Å². The molecule has 0 saturated carbocycles. The summed E-state index contributed by atoms with van der Waals surface area (Å²) in [5.41, 5.74) is 5.35. The molecule has 60 valence electrons. The standard InChI is InChI=1S/C7H16N2O/c1-4-7(6(2)3)9-8-5-10/h5-7,9H,4H2,1-3H3,(H,8,10)/t7-/m0/s1. The minimum absolute atomic E-state index is 0.380. The first kappa shape index (κ1) is 9.43. The molecular weight excluding hydrogens is 128 g/mol. The van der Waals surface area contributed by atoms with Gasteiger partial charge >= 0.3 is 0 Å². The van der Waals surface area contributed by atoms with Crippen LogP contribution in [0, 0.1) is 5.92 Å². The van der Waals surface area contributed by atoms with Crippen LogP contribution in [0.4, 0.5) is 0 Å². The van der Waals surface area contributed by atoms with Gasteiger partial charge < -0.3 is 0 Å². The molecule has 0 aromatic rings. The number of carbonyl (C=O) groups is 1. The first-order valence-corrected chi connectivity index (χ1v) is 3.67. The highest BCUT2D eigenvalue weighted by molar-refractivity contribution is 5.44. The molecule has 0 radical (unpaired) electrons. The van der Waals surface area contributed by atoms with E-state index in [1.165, 1.54) is 0 Å². The van der Waals surface area contributed by atoms with Crippen molar-refractivity contribution in [1.82, 2.24) is 10.9 Å². The van der Waals surface area contributed by atoms with E-state index in [9.17, 15) is 4.79 Å². The molecule has 0 aliphatic heterocycles. The molecule has 1 amide bonds. The highest BCUT2D eigenvalue weighted by Crippen LogP contribution is 2.03. The number of rotatable bonds is 5. The largest absolute Gasteiger partial charge is 0.294 e. The molecule has 0 saturated heterocycles. The maximum Gasteiger partial charge on any atom is 0.221 e. The fraction of sp³-hybridized carbons (Fsp3) is 0.857. The Labute approximate surface area is 62.2 Å². The summed E-state index contributed by atoms with van der Waals surface area (Å²) in [7, 11) is 0. The van der Waals surface area contributed by atoms with E-state index in [0.29, 0.717) is 18.4 Å². The zero-order chi connectivity index (χ0) is 7.98. The van der Waals surface area contributed by atoms with Crippen molar-refractivity contribution in [2.45, 2.75) is 33.2 Å². The van der Waals surface area contributed by atoms with Crippen molar-refractivity contribution in [3.8, 4) is 0 Å². The molecule has 0 aromatic heterocycles. The second kappa shape index (κ2) is 5.23. The Kier molecular flexibility index (Phi) is 4.94. The maximum atomic E-state index is 9.87. The first-order valence-electron chi connectivity index (χ1n) is 3.67. The van der Waals surface area contributed by atoms with E-state index in [-0.39, 0.29) is 0 Å². The monoisotopic (exact) mass is 144 g/mol. The van der Waals surface area contributed by atoms with Crippen molar-refractivity contribution in [3.05, 3.63) is 0 Å². The molecule has 10 heavy (non-hydrogen) atoms. The van der Waals surface area contributed by atoms with E-state index in [4.69, 9.17) is 0 Å². The molecule has 0 spiro atoms. The van der Waals surface area contributed by atoms with E-state index in [1.54, 1.807) is 0 Å². The molecule has 1 atom stereocenters. The summed E-state index contributed by atoms with van der Waals surface area (Å²) in [5.74, 6) is 0.553. The number of carbonyl (C=O) groups excluding carboxylic acids is 1. The third-order valence-corrected chi connectivity index (χ3v) is 1.57. The molecule has 3 nitrogen and oxygen atoms in total. The highest BCUT2D eigenvalue weighted by Gasteiger charge is 2.08. The Hall–Kier alpha value is -0.570. The Morgan fingerprint density at radius 1 is 1.50 bits per heavy atom. The first-order chi connectivity index (χ1) is 4.72. The quantitative estimate of drug-likeness (QED) is 0.440. The highest BCUT2D eigenvalue weighted by atomic mass is 16.1. The molecule has 0 aromatic carbocycles. The molecule has 0 fully saturated rings. The van der Waals surface area contributed by atoms with Gasteiger partial charge in [-0.2, -0.15) is 0 Å². The van der Waals surface area contributed by atoms with E-state index < -0.39 is 0 Å². The Balaban J connectivity index is 3.49. The number of amides is 1. The number of nitrogens with one attached hydrogen (secondary N) is 2. The van der Waals surface area contributed by atoms with Crippen molar-refractivity contribution >= 4 is 6.41 Å². The minimum Gasteiger partial charge on any atom is -0.294 e. The second-order valence-electron chi connectivity index (χ2n) is 2.67. The average molecular weight is 144 g/mol. The summed E-state index contributed by atoms with van der Waals surface area (Å²) in [6.07, 6.45) is 1.68. The van der Waals surface area contributed by atoms with Crippen LogP contribution in [-0.2, 0) is 4.79 Å². The zero-order valence-electron chi connectivity index (χ0n) is 6.85. The van der Waals surface area contributed by atoms with Crippen LogP contribution in [0.15, 0.2) is 0 Å². The van der Waals surface area contributed by atoms with Crippen LogP contribution in [0.1, 0.15) is 27.2 Å². The van der Waals surface area contributed by atoms with Crippen LogP contribution in [0.3, 0.4) is 0 Å². The van der Waals surface area contributed by atoms with E-state index in [0.717, 1.165) is 6.42 Å². The third-order valence-electron chi connectivity index (χ3n) is 1.57. The van der Waals surface area contributed by atoms with Crippen LogP contribution < -0.4 is 10.9 Å². The lowest BCUT2D eigenvalue weighted by Gasteiger charge is -2.19. The van der Waals surface area contributed by atoms with Crippen LogP contribution in [0.5, 0.6) is 0 Å². The summed E-state index contributed by atoms with van der Waals surface area (Å²) in [5, 5.41) is 0. The molecule has 2 N–H and O–H groups in total. The van der Waals surface area contributed by atoms with Gasteiger partial charge in [0, 0.05) is 6.04 Å². The van der Waals surface area contributed by atoms with Gasteiger partial charge in [0.1, 0.15) is 0 Å². The Morgan fingerprint density at radius 3 is 2.40 bits per heavy atom. The average Bonchev–Trinajstić information content (AvgIpc) is 1.89.